The Bertz CT molecular complexity index is 951. The number of hydrogen-bond acceptors (Lipinski definition) is 5. The number of aryl methyl sites for hydroxylation is 1. The lowest BCUT2D eigenvalue weighted by Crippen LogP contribution is -2.19. The fourth-order valence-corrected chi connectivity index (χ4v) is 3.87. The number of aromatic amines is 1. The number of benzene rings is 1. The average molecular weight is 366 g/mol. The molecule has 0 saturated carbocycles. The van der Waals surface area contributed by atoms with E-state index in [9.17, 15) is 0 Å². The first-order valence-corrected chi connectivity index (χ1v) is 9.43. The first-order chi connectivity index (χ1) is 13.2. The summed E-state index contributed by atoms with van der Waals surface area (Å²) in [6, 6.07) is 8.08. The molecule has 0 atom stereocenters. The Morgan fingerprint density at radius 3 is 2.74 bits per heavy atom. The lowest BCUT2D eigenvalue weighted by Gasteiger charge is -2.19. The van der Waals surface area contributed by atoms with Crippen LogP contribution in [0.3, 0.4) is 0 Å². The summed E-state index contributed by atoms with van der Waals surface area (Å²) in [6.07, 6.45) is 4.78. The molecule has 6 nitrogen and oxygen atoms in total. The van der Waals surface area contributed by atoms with E-state index in [4.69, 9.17) is 9.47 Å². The molecule has 4 rings (SSSR count). The number of hydrogen-bond donors (Lipinski definition) is 1. The third-order valence-electron chi connectivity index (χ3n) is 5.26. The van der Waals surface area contributed by atoms with Crippen LogP contribution in [0.25, 0.3) is 10.9 Å². The van der Waals surface area contributed by atoms with Crippen molar-refractivity contribution in [1.29, 1.82) is 0 Å². The number of aromatic nitrogens is 3. The molecule has 0 saturated heterocycles. The van der Waals surface area contributed by atoms with E-state index in [1.54, 1.807) is 14.2 Å². The zero-order valence-corrected chi connectivity index (χ0v) is 16.2. The number of methoxy groups -OCH3 is 2. The molecule has 2 aromatic heterocycles. The monoisotopic (exact) mass is 366 g/mol. The number of rotatable bonds is 6. The first kappa shape index (κ1) is 17.8. The summed E-state index contributed by atoms with van der Waals surface area (Å²) in [5.74, 6) is 1.46. The molecule has 0 aliphatic heterocycles. The fourth-order valence-electron chi connectivity index (χ4n) is 3.87. The number of nitrogens with one attached hydrogen (secondary N) is 1. The van der Waals surface area contributed by atoms with Crippen molar-refractivity contribution >= 4 is 10.9 Å². The molecule has 0 radical (unpaired) electrons. The van der Waals surface area contributed by atoms with Crippen molar-refractivity contribution in [2.45, 2.75) is 38.8 Å². The summed E-state index contributed by atoms with van der Waals surface area (Å²) in [5, 5.41) is 8.87. The molecule has 0 fully saturated rings. The first-order valence-electron chi connectivity index (χ1n) is 9.43. The van der Waals surface area contributed by atoms with E-state index in [1.165, 1.54) is 29.8 Å². The summed E-state index contributed by atoms with van der Waals surface area (Å²) < 4.78 is 10.8. The molecule has 1 aromatic carbocycles. The van der Waals surface area contributed by atoms with Gasteiger partial charge in [0.05, 0.1) is 25.4 Å². The smallest absolute Gasteiger partial charge is 0.218 e. The Labute approximate surface area is 159 Å². The summed E-state index contributed by atoms with van der Waals surface area (Å²) in [6.45, 7) is 1.56. The molecule has 6 heteroatoms. The third-order valence-corrected chi connectivity index (χ3v) is 5.26. The van der Waals surface area contributed by atoms with Gasteiger partial charge in [0.25, 0.3) is 0 Å². The second-order valence-corrected chi connectivity index (χ2v) is 7.22. The van der Waals surface area contributed by atoms with Gasteiger partial charge in [-0.1, -0.05) is 0 Å². The second-order valence-electron chi connectivity index (χ2n) is 7.22. The quantitative estimate of drug-likeness (QED) is 0.724. The Morgan fingerprint density at radius 2 is 1.93 bits per heavy atom. The normalized spacial score (nSPS) is 13.8. The molecule has 3 aromatic rings. The molecular formula is C21H26N4O2. The highest BCUT2D eigenvalue weighted by molar-refractivity contribution is 5.81. The van der Waals surface area contributed by atoms with Crippen LogP contribution >= 0.6 is 0 Å². The van der Waals surface area contributed by atoms with Gasteiger partial charge < -0.3 is 9.47 Å². The highest BCUT2D eigenvalue weighted by Gasteiger charge is 2.18. The average Bonchev–Trinajstić information content (AvgIpc) is 3.10. The van der Waals surface area contributed by atoms with Gasteiger partial charge in [-0.15, -0.1) is 0 Å². The minimum Gasteiger partial charge on any atom is -0.497 e. The molecule has 1 N–H and O–H groups in total. The lowest BCUT2D eigenvalue weighted by atomic mass is 9.96. The molecule has 2 heterocycles. The predicted octanol–water partition coefficient (Wildman–Crippen LogP) is 3.49. The Kier molecular flexibility index (Phi) is 4.99. The SMILES string of the molecule is COc1ccc2cc(CN(C)Cc3n[nH]c4c3CCCC4)c(OC)nc2c1. The van der Waals surface area contributed by atoms with Crippen molar-refractivity contribution in [2.24, 2.45) is 0 Å². The maximum Gasteiger partial charge on any atom is 0.218 e. The zero-order valence-electron chi connectivity index (χ0n) is 16.2. The van der Waals surface area contributed by atoms with Crippen molar-refractivity contribution in [1.82, 2.24) is 20.1 Å². The number of H-pyrrole nitrogens is 1. The van der Waals surface area contributed by atoms with Gasteiger partial charge >= 0.3 is 0 Å². The van der Waals surface area contributed by atoms with Crippen LogP contribution in [0, 0.1) is 0 Å². The summed E-state index contributed by atoms with van der Waals surface area (Å²) in [5.41, 5.74) is 5.86. The van der Waals surface area contributed by atoms with Crippen LogP contribution in [-0.2, 0) is 25.9 Å². The second kappa shape index (κ2) is 7.56. The van der Waals surface area contributed by atoms with Gasteiger partial charge in [0.1, 0.15) is 5.75 Å². The van der Waals surface area contributed by atoms with Gasteiger partial charge in [0.15, 0.2) is 0 Å². The Morgan fingerprint density at radius 1 is 1.07 bits per heavy atom. The van der Waals surface area contributed by atoms with Crippen molar-refractivity contribution in [3.05, 3.63) is 46.8 Å². The van der Waals surface area contributed by atoms with Gasteiger partial charge in [-0.05, 0) is 56.5 Å². The molecule has 0 spiro atoms. The maximum absolute atomic E-state index is 5.55. The minimum absolute atomic E-state index is 0.659. The molecule has 27 heavy (non-hydrogen) atoms. The van der Waals surface area contributed by atoms with E-state index >= 15 is 0 Å². The van der Waals surface area contributed by atoms with Crippen molar-refractivity contribution in [2.75, 3.05) is 21.3 Å². The van der Waals surface area contributed by atoms with Crippen molar-refractivity contribution in [3.63, 3.8) is 0 Å². The largest absolute Gasteiger partial charge is 0.497 e. The summed E-state index contributed by atoms with van der Waals surface area (Å²) >= 11 is 0. The molecule has 0 unspecified atom stereocenters. The minimum atomic E-state index is 0.659. The zero-order chi connectivity index (χ0) is 18.8. The molecule has 1 aliphatic carbocycles. The van der Waals surface area contributed by atoms with Crippen molar-refractivity contribution < 1.29 is 9.47 Å². The Balaban J connectivity index is 1.56. The van der Waals surface area contributed by atoms with Crippen LogP contribution in [0.1, 0.15) is 35.4 Å². The van der Waals surface area contributed by atoms with E-state index in [0.717, 1.165) is 48.1 Å². The highest BCUT2D eigenvalue weighted by Crippen LogP contribution is 2.27. The number of fused-ring (bicyclic) bond motifs is 2. The predicted molar refractivity (Wildman–Crippen MR) is 105 cm³/mol. The number of ether oxygens (including phenoxy) is 2. The van der Waals surface area contributed by atoms with E-state index < -0.39 is 0 Å². The van der Waals surface area contributed by atoms with Gasteiger partial charge in [0, 0.05) is 35.8 Å². The highest BCUT2D eigenvalue weighted by atomic mass is 16.5. The standard InChI is InChI=1S/C21H26N4O2/c1-25(13-20-17-6-4-5-7-18(17)23-24-20)12-15-10-14-8-9-16(26-2)11-19(14)22-21(15)27-3/h8-11H,4-7,12-13H2,1-3H3,(H,23,24). The number of pyridine rings is 1. The number of nitrogens with zero attached hydrogens (tertiary/aromatic N) is 3. The van der Waals surface area contributed by atoms with E-state index in [0.29, 0.717) is 5.88 Å². The van der Waals surface area contributed by atoms with Crippen LogP contribution < -0.4 is 9.47 Å². The van der Waals surface area contributed by atoms with Gasteiger partial charge in [-0.3, -0.25) is 10.00 Å². The topological polar surface area (TPSA) is 63.3 Å². The van der Waals surface area contributed by atoms with Gasteiger partial charge in [0.2, 0.25) is 5.88 Å². The van der Waals surface area contributed by atoms with Crippen molar-refractivity contribution in [3.8, 4) is 11.6 Å². The molecule has 1 aliphatic rings. The van der Waals surface area contributed by atoms with E-state index in [2.05, 4.69) is 33.2 Å². The summed E-state index contributed by atoms with van der Waals surface area (Å²) in [4.78, 5) is 6.94. The molecule has 0 bridgehead atoms. The van der Waals surface area contributed by atoms with Crippen LogP contribution in [0.5, 0.6) is 11.6 Å². The molecule has 0 amide bonds. The van der Waals surface area contributed by atoms with Gasteiger partial charge in [-0.25, -0.2) is 4.98 Å². The van der Waals surface area contributed by atoms with Gasteiger partial charge in [-0.2, -0.15) is 5.10 Å². The van der Waals surface area contributed by atoms with E-state index in [1.807, 2.05) is 18.2 Å². The van der Waals surface area contributed by atoms with Crippen LogP contribution in [-0.4, -0.2) is 41.3 Å². The summed E-state index contributed by atoms with van der Waals surface area (Å²) in [7, 11) is 5.44. The van der Waals surface area contributed by atoms with Crippen LogP contribution in [0.2, 0.25) is 0 Å². The van der Waals surface area contributed by atoms with Crippen LogP contribution in [0.15, 0.2) is 24.3 Å². The van der Waals surface area contributed by atoms with Crippen LogP contribution in [0.4, 0.5) is 0 Å². The van der Waals surface area contributed by atoms with E-state index in [-0.39, 0.29) is 0 Å². The Hall–Kier alpha value is -2.60. The fraction of sp³-hybridized carbons (Fsp3) is 0.429. The third kappa shape index (κ3) is 3.62. The maximum atomic E-state index is 5.55. The molecule has 142 valence electrons. The lowest BCUT2D eigenvalue weighted by molar-refractivity contribution is 0.303. The molecular weight excluding hydrogens is 340 g/mol.